The van der Waals surface area contributed by atoms with Crippen LogP contribution in [0.4, 0.5) is 162 Å². The van der Waals surface area contributed by atoms with E-state index in [0.717, 1.165) is 0 Å². The van der Waals surface area contributed by atoms with Crippen LogP contribution in [0.1, 0.15) is 12.8 Å². The van der Waals surface area contributed by atoms with Gasteiger partial charge in [-0.3, -0.25) is 0 Å². The van der Waals surface area contributed by atoms with Gasteiger partial charge >= 0.3 is 112 Å². The van der Waals surface area contributed by atoms with Crippen LogP contribution in [-0.2, 0) is 0 Å². The van der Waals surface area contributed by atoms with Crippen molar-refractivity contribution in [2.45, 2.75) is 119 Å². The van der Waals surface area contributed by atoms with Crippen LogP contribution in [0.15, 0.2) is 0 Å². The first kappa shape index (κ1) is 59.5. The molecule has 0 amide bonds. The quantitative estimate of drug-likeness (QED) is 0.0687. The van der Waals surface area contributed by atoms with Crippen molar-refractivity contribution in [3.8, 4) is 0 Å². The maximum absolute atomic E-state index is 14.0. The Morgan fingerprint density at radius 3 is 0.508 bits per heavy atom. The van der Waals surface area contributed by atoms with E-state index in [1.165, 1.54) is 0 Å². The maximum atomic E-state index is 14.0. The van der Waals surface area contributed by atoms with Gasteiger partial charge in [0.25, 0.3) is 0 Å². The van der Waals surface area contributed by atoms with Gasteiger partial charge in [-0.1, -0.05) is 0 Å². The zero-order valence-electron chi connectivity index (χ0n) is 26.0. The molecule has 0 saturated carbocycles. The van der Waals surface area contributed by atoms with E-state index < -0.39 is 125 Å². The Labute approximate surface area is 321 Å². The molecule has 0 unspecified atom stereocenters. The van der Waals surface area contributed by atoms with Crippen LogP contribution >= 0.6 is 33.2 Å². The fourth-order valence-corrected chi connectivity index (χ4v) is 5.20. The summed E-state index contributed by atoms with van der Waals surface area (Å²) in [7, 11) is 0. The summed E-state index contributed by atoms with van der Waals surface area (Å²) in [6.07, 6.45) is -13.9. The molecule has 0 atom stereocenters. The third-order valence-electron chi connectivity index (χ3n) is 7.45. The summed E-state index contributed by atoms with van der Waals surface area (Å²) in [5, 5.41) is 0. The molecule has 0 aromatic heterocycles. The van der Waals surface area contributed by atoms with E-state index in [9.17, 15) is 162 Å². The third-order valence-corrected chi connectivity index (χ3v) is 10.6. The van der Waals surface area contributed by atoms with Crippen molar-refractivity contribution < 1.29 is 162 Å². The molecule has 0 spiro atoms. The van der Waals surface area contributed by atoms with Gasteiger partial charge in [-0.15, -0.1) is 33.2 Å². The highest BCUT2D eigenvalue weighted by atomic mass is 35.8. The van der Waals surface area contributed by atoms with E-state index >= 15 is 0 Å². The van der Waals surface area contributed by atoms with Crippen molar-refractivity contribution in [2.75, 3.05) is 0 Å². The minimum absolute atomic E-state index is 3.59. The first-order chi connectivity index (χ1) is 25.5. The molecule has 0 bridgehead atoms. The zero-order chi connectivity index (χ0) is 50.9. The van der Waals surface area contributed by atoms with Crippen LogP contribution in [0.2, 0.25) is 0 Å². The number of hydrogen-bond donors (Lipinski definition) is 0. The zero-order valence-corrected chi connectivity index (χ0v) is 29.3. The molecule has 0 nitrogen and oxygen atoms in total. The Hall–Kier alpha value is -1.50. The summed E-state index contributed by atoms with van der Waals surface area (Å²) in [5.41, 5.74) is -7.59. The van der Waals surface area contributed by atoms with Gasteiger partial charge in [-0.2, -0.15) is 162 Å². The fourth-order valence-electron chi connectivity index (χ4n) is 3.62. The molecule has 0 saturated heterocycles. The highest BCUT2D eigenvalue weighted by Crippen LogP contribution is 2.70. The van der Waals surface area contributed by atoms with Gasteiger partial charge in [0.05, 0.1) is 0 Å². The number of halogens is 40. The lowest BCUT2D eigenvalue weighted by Crippen LogP contribution is -2.80. The number of rotatable bonds is 19. The first-order valence-corrected chi connectivity index (χ1v) is 18.1. The van der Waals surface area contributed by atoms with E-state index in [-0.39, 0.29) is 0 Å². The monoisotopic (exact) mass is 1080 g/mol. The van der Waals surface area contributed by atoms with Crippen molar-refractivity contribution in [2.24, 2.45) is 0 Å². The van der Waals surface area contributed by atoms with Gasteiger partial charge in [-0.25, -0.2) is 0 Å². The largest absolute Gasteiger partial charge is 0.424 e. The summed E-state index contributed by atoms with van der Waals surface area (Å²) < 4.78 is 507. The number of hydrogen-bond acceptors (Lipinski definition) is 0. The molecule has 0 aromatic rings. The summed E-state index contributed by atoms with van der Waals surface area (Å²) >= 11 is 12.3. The standard InChI is InChI=1S/C20H4Cl3F37Si/c21-61(22,23)20(59,60)19(57,58)18(55,56)17(53,54)16(51,52)15(49,50)14(47,48)13(45,46)12(43,44)11(41,42)10(39,40)9(37,38)8(35,36)7(33,34)6(31,32)5(29,30)3(24,25)1-2-4(26,27)28/h1-2H2. The lowest BCUT2D eigenvalue weighted by molar-refractivity contribution is -0.490. The summed E-state index contributed by atoms with van der Waals surface area (Å²) in [6.45, 7) is 0. The topological polar surface area (TPSA) is 0 Å². The van der Waals surface area contributed by atoms with E-state index in [0.29, 0.717) is 0 Å². The minimum Gasteiger partial charge on any atom is -0.200 e. The maximum Gasteiger partial charge on any atom is 0.424 e. The van der Waals surface area contributed by atoms with Crippen molar-refractivity contribution in [1.29, 1.82) is 0 Å². The lowest BCUT2D eigenvalue weighted by Gasteiger charge is -2.47. The van der Waals surface area contributed by atoms with Gasteiger partial charge in [0.2, 0.25) is 0 Å². The third kappa shape index (κ3) is 7.43. The van der Waals surface area contributed by atoms with Crippen LogP contribution in [0.5, 0.6) is 0 Å². The summed E-state index contributed by atoms with van der Waals surface area (Å²) in [6, 6.07) is -7.27. The average molecular weight is 1080 g/mol. The summed E-state index contributed by atoms with van der Waals surface area (Å²) in [4.78, 5) is 0. The average Bonchev–Trinajstić information content (AvgIpc) is 3.01. The van der Waals surface area contributed by atoms with E-state index in [1.807, 2.05) is 0 Å². The molecule has 0 aliphatic rings. The normalized spacial score (nSPS) is 17.3. The predicted octanol–water partition coefficient (Wildman–Crippen LogP) is 14.3. The molecule has 0 aliphatic carbocycles. The molecule has 0 heterocycles. The number of alkyl halides is 37. The Bertz CT molecular complexity index is 1580. The van der Waals surface area contributed by atoms with Crippen LogP contribution in [0, 0.1) is 0 Å². The molecule has 0 aliphatic heterocycles. The molecule has 0 radical (unpaired) electrons. The van der Waals surface area contributed by atoms with Crippen molar-refractivity contribution in [3.05, 3.63) is 0 Å². The van der Waals surface area contributed by atoms with Crippen LogP contribution < -0.4 is 0 Å². The van der Waals surface area contributed by atoms with E-state index in [1.54, 1.807) is 0 Å². The second-order valence-electron chi connectivity index (χ2n) is 11.5. The van der Waals surface area contributed by atoms with Gasteiger partial charge in [-0.05, 0) is 0 Å². The van der Waals surface area contributed by atoms with E-state index in [2.05, 4.69) is 33.2 Å². The van der Waals surface area contributed by atoms with Gasteiger partial charge in [0, 0.05) is 12.8 Å². The SMILES string of the molecule is FC(F)(F)CCC(F)(F)C(F)(F)C(F)(F)C(F)(F)C(F)(F)C(F)(F)C(F)(F)C(F)(F)C(F)(F)C(F)(F)C(F)(F)C(F)(F)C(F)(F)C(F)(F)C(F)(F)C(F)(F)C(F)(F)[Si](Cl)(Cl)Cl. The Morgan fingerprint density at radius 1 is 0.213 bits per heavy atom. The predicted molar refractivity (Wildman–Crippen MR) is 123 cm³/mol. The van der Waals surface area contributed by atoms with Crippen molar-refractivity contribution >= 4 is 39.2 Å². The molecule has 41 heteroatoms. The smallest absolute Gasteiger partial charge is 0.200 e. The summed E-state index contributed by atoms with van der Waals surface area (Å²) in [5.74, 6) is -156. The molecule has 0 fully saturated rings. The van der Waals surface area contributed by atoms with Crippen LogP contribution in [0.3, 0.4) is 0 Å². The van der Waals surface area contributed by atoms with Crippen LogP contribution in [0.25, 0.3) is 0 Å². The minimum atomic E-state index is -10.4. The molecule has 0 aromatic carbocycles. The van der Waals surface area contributed by atoms with Crippen LogP contribution in [-0.4, -0.2) is 112 Å². The highest BCUT2D eigenvalue weighted by molar-refractivity contribution is 7.65. The van der Waals surface area contributed by atoms with Gasteiger partial charge in [0.1, 0.15) is 0 Å². The highest BCUT2D eigenvalue weighted by Gasteiger charge is 3.02. The van der Waals surface area contributed by atoms with Crippen molar-refractivity contribution in [3.63, 3.8) is 0 Å². The molecule has 0 rings (SSSR count). The van der Waals surface area contributed by atoms with E-state index in [4.69, 9.17) is 0 Å². The molecule has 368 valence electrons. The Kier molecular flexibility index (Phi) is 14.4. The molecular weight excluding hydrogens is 1080 g/mol. The molecule has 61 heavy (non-hydrogen) atoms. The second kappa shape index (κ2) is 14.8. The lowest BCUT2D eigenvalue weighted by atomic mass is 9.82. The Morgan fingerprint density at radius 2 is 0.361 bits per heavy atom. The first-order valence-electron chi connectivity index (χ1n) is 13.0. The van der Waals surface area contributed by atoms with Gasteiger partial charge in [0.15, 0.2) is 0 Å². The van der Waals surface area contributed by atoms with Gasteiger partial charge < -0.3 is 0 Å². The fraction of sp³-hybridized carbons (Fsp3) is 1.00. The second-order valence-corrected chi connectivity index (χ2v) is 20.0. The molecule has 0 N–H and O–H groups in total. The van der Waals surface area contributed by atoms with Crippen molar-refractivity contribution in [1.82, 2.24) is 0 Å². The molecular formula is C20H4Cl3F37Si. The Balaban J connectivity index is 7.83.